The van der Waals surface area contributed by atoms with Crippen molar-refractivity contribution in [3.63, 3.8) is 0 Å². The number of nitrogens with zero attached hydrogens (tertiary/aromatic N) is 3. The van der Waals surface area contributed by atoms with E-state index in [1.54, 1.807) is 25.3 Å². The summed E-state index contributed by atoms with van der Waals surface area (Å²) in [6.45, 7) is 0.727. The number of fused-ring (bicyclic) bond motifs is 1. The zero-order valence-corrected chi connectivity index (χ0v) is 17.8. The van der Waals surface area contributed by atoms with Crippen LogP contribution >= 0.6 is 0 Å². The monoisotopic (exact) mass is 443 g/mol. The maximum Gasteiger partial charge on any atom is 0.269 e. The van der Waals surface area contributed by atoms with Crippen LogP contribution in [0, 0.1) is 10.1 Å². The summed E-state index contributed by atoms with van der Waals surface area (Å²) in [7, 11) is -0.882. The van der Waals surface area contributed by atoms with E-state index < -0.39 is 21.0 Å². The second kappa shape index (κ2) is 8.05. The second-order valence-electron chi connectivity index (χ2n) is 7.00. The van der Waals surface area contributed by atoms with Gasteiger partial charge < -0.3 is 14.0 Å². The summed E-state index contributed by atoms with van der Waals surface area (Å²) in [5.41, 5.74) is 1.31. The third-order valence-corrected chi connectivity index (χ3v) is 7.26. The van der Waals surface area contributed by atoms with Crippen molar-refractivity contribution in [1.29, 1.82) is 0 Å². The lowest BCUT2D eigenvalue weighted by Crippen LogP contribution is -2.42. The Morgan fingerprint density at radius 1 is 1.03 bits per heavy atom. The molecule has 0 saturated carbocycles. The number of ether oxygens (including phenoxy) is 2. The highest BCUT2D eigenvalue weighted by atomic mass is 32.2. The van der Waals surface area contributed by atoms with E-state index in [1.807, 2.05) is 22.9 Å². The molecule has 0 radical (unpaired) electrons. The van der Waals surface area contributed by atoms with E-state index >= 15 is 0 Å². The van der Waals surface area contributed by atoms with Crippen molar-refractivity contribution in [3.8, 4) is 11.5 Å². The Morgan fingerprint density at radius 2 is 1.77 bits per heavy atom. The Labute approximate surface area is 179 Å². The maximum atomic E-state index is 13.6. The summed E-state index contributed by atoms with van der Waals surface area (Å²) in [4.78, 5) is 10.4. The molecule has 1 atom stereocenters. The molecule has 9 nitrogen and oxygen atoms in total. The molecule has 0 spiro atoms. The lowest BCUT2D eigenvalue weighted by atomic mass is 10.0. The van der Waals surface area contributed by atoms with Crippen molar-refractivity contribution in [1.82, 2.24) is 8.87 Å². The zero-order valence-electron chi connectivity index (χ0n) is 17.0. The minimum atomic E-state index is -3.95. The molecule has 1 unspecified atom stereocenters. The van der Waals surface area contributed by atoms with Crippen LogP contribution in [0.3, 0.4) is 0 Å². The van der Waals surface area contributed by atoms with Crippen molar-refractivity contribution in [2.24, 2.45) is 0 Å². The van der Waals surface area contributed by atoms with E-state index in [-0.39, 0.29) is 17.1 Å². The Bertz CT molecular complexity index is 1220. The van der Waals surface area contributed by atoms with Crippen LogP contribution in [-0.4, -0.2) is 43.0 Å². The third kappa shape index (κ3) is 3.64. The van der Waals surface area contributed by atoms with Gasteiger partial charge in [0.1, 0.15) is 11.5 Å². The molecule has 10 heteroatoms. The largest absolute Gasteiger partial charge is 0.497 e. The highest BCUT2D eigenvalue weighted by Crippen LogP contribution is 2.41. The lowest BCUT2D eigenvalue weighted by Gasteiger charge is -2.36. The van der Waals surface area contributed by atoms with E-state index in [9.17, 15) is 18.5 Å². The Kier molecular flexibility index (Phi) is 5.42. The number of benzene rings is 2. The molecule has 0 bridgehead atoms. The predicted molar refractivity (Wildman–Crippen MR) is 113 cm³/mol. The highest BCUT2D eigenvalue weighted by Gasteiger charge is 2.39. The van der Waals surface area contributed by atoms with Crippen LogP contribution in [0.15, 0.2) is 65.7 Å². The number of rotatable bonds is 6. The first-order chi connectivity index (χ1) is 14.9. The summed E-state index contributed by atoms with van der Waals surface area (Å²) in [5.74, 6) is 1.10. The van der Waals surface area contributed by atoms with Gasteiger partial charge in [0.05, 0.1) is 30.1 Å². The van der Waals surface area contributed by atoms with E-state index in [2.05, 4.69) is 0 Å². The van der Waals surface area contributed by atoms with E-state index in [0.717, 1.165) is 5.69 Å². The average Bonchev–Trinajstić information content (AvgIpc) is 3.27. The number of hydrogen-bond donors (Lipinski definition) is 0. The summed E-state index contributed by atoms with van der Waals surface area (Å²) < 4.78 is 41.4. The fourth-order valence-corrected chi connectivity index (χ4v) is 5.43. The first-order valence-electron chi connectivity index (χ1n) is 9.50. The Balaban J connectivity index is 1.84. The lowest BCUT2D eigenvalue weighted by molar-refractivity contribution is -0.384. The normalized spacial score (nSPS) is 16.5. The van der Waals surface area contributed by atoms with Crippen LogP contribution in [-0.2, 0) is 16.6 Å². The molecule has 3 aromatic rings. The van der Waals surface area contributed by atoms with Crippen molar-refractivity contribution in [2.75, 3.05) is 20.8 Å². The van der Waals surface area contributed by atoms with E-state index in [1.165, 1.54) is 35.7 Å². The number of methoxy groups -OCH3 is 2. The molecule has 1 aromatic heterocycles. The topological polar surface area (TPSA) is 104 Å². The standard InChI is InChI=1S/C21H21N3O6S/c1-29-16-7-10-18(20(14-16)30-2)21-19-4-3-11-22(19)12-13-23(21)31(27,28)17-8-5-15(6-9-17)24(25)26/h3-11,14,21H,12-13H2,1-2H3. The van der Waals surface area contributed by atoms with Gasteiger partial charge in [0, 0.05) is 48.7 Å². The molecule has 2 heterocycles. The van der Waals surface area contributed by atoms with Gasteiger partial charge in [-0.2, -0.15) is 4.31 Å². The van der Waals surface area contributed by atoms with Crippen molar-refractivity contribution in [2.45, 2.75) is 17.5 Å². The highest BCUT2D eigenvalue weighted by molar-refractivity contribution is 7.89. The van der Waals surface area contributed by atoms with Gasteiger partial charge in [0.2, 0.25) is 10.0 Å². The average molecular weight is 443 g/mol. The molecule has 0 amide bonds. The summed E-state index contributed by atoms with van der Waals surface area (Å²) in [6, 6.07) is 13.3. The maximum absolute atomic E-state index is 13.6. The quantitative estimate of drug-likeness (QED) is 0.428. The molecule has 0 N–H and O–H groups in total. The predicted octanol–water partition coefficient (Wildman–Crippen LogP) is 3.21. The van der Waals surface area contributed by atoms with Gasteiger partial charge in [0.25, 0.3) is 5.69 Å². The van der Waals surface area contributed by atoms with Crippen LogP contribution < -0.4 is 9.47 Å². The molecule has 0 fully saturated rings. The molecule has 1 aliphatic heterocycles. The minimum absolute atomic E-state index is 0.00409. The molecule has 0 aliphatic carbocycles. The molecule has 31 heavy (non-hydrogen) atoms. The van der Waals surface area contributed by atoms with Gasteiger partial charge in [-0.1, -0.05) is 0 Å². The summed E-state index contributed by atoms with van der Waals surface area (Å²) >= 11 is 0. The number of nitro benzene ring substituents is 1. The van der Waals surface area contributed by atoms with Crippen LogP contribution in [0.5, 0.6) is 11.5 Å². The van der Waals surface area contributed by atoms with Crippen LogP contribution in [0.2, 0.25) is 0 Å². The number of aromatic nitrogens is 1. The summed E-state index contributed by atoms with van der Waals surface area (Å²) in [6.07, 6.45) is 1.91. The number of nitro groups is 1. The van der Waals surface area contributed by atoms with Crippen LogP contribution in [0.4, 0.5) is 5.69 Å². The fourth-order valence-electron chi connectivity index (χ4n) is 3.86. The minimum Gasteiger partial charge on any atom is -0.497 e. The molecule has 1 aliphatic rings. The molecule has 0 saturated heterocycles. The van der Waals surface area contributed by atoms with Crippen molar-refractivity contribution in [3.05, 3.63) is 82.2 Å². The number of sulfonamides is 1. The first-order valence-corrected chi connectivity index (χ1v) is 10.9. The van der Waals surface area contributed by atoms with E-state index in [0.29, 0.717) is 23.6 Å². The Hall–Kier alpha value is -3.37. The SMILES string of the molecule is COc1ccc(C2c3cccn3CCN2S(=O)(=O)c2ccc([N+](=O)[O-])cc2)c(OC)c1. The first kappa shape index (κ1) is 20.9. The zero-order chi connectivity index (χ0) is 22.2. The van der Waals surface area contributed by atoms with Gasteiger partial charge in [-0.3, -0.25) is 10.1 Å². The molecular weight excluding hydrogens is 422 g/mol. The molecular formula is C21H21N3O6S. The van der Waals surface area contributed by atoms with Gasteiger partial charge in [-0.05, 0) is 36.4 Å². The summed E-state index contributed by atoms with van der Waals surface area (Å²) in [5, 5.41) is 11.0. The van der Waals surface area contributed by atoms with Crippen LogP contribution in [0.1, 0.15) is 17.3 Å². The molecule has 4 rings (SSSR count). The van der Waals surface area contributed by atoms with Crippen molar-refractivity contribution < 1.29 is 22.8 Å². The number of hydrogen-bond acceptors (Lipinski definition) is 6. The smallest absolute Gasteiger partial charge is 0.269 e. The second-order valence-corrected chi connectivity index (χ2v) is 8.89. The van der Waals surface area contributed by atoms with E-state index in [4.69, 9.17) is 9.47 Å². The van der Waals surface area contributed by atoms with Gasteiger partial charge >= 0.3 is 0 Å². The number of non-ortho nitro benzene ring substituents is 1. The fraction of sp³-hybridized carbons (Fsp3) is 0.238. The molecule has 2 aromatic carbocycles. The van der Waals surface area contributed by atoms with Gasteiger partial charge in [0.15, 0.2) is 0 Å². The molecule has 162 valence electrons. The Morgan fingerprint density at radius 3 is 2.42 bits per heavy atom. The van der Waals surface area contributed by atoms with Crippen molar-refractivity contribution >= 4 is 15.7 Å². The van der Waals surface area contributed by atoms with Crippen LogP contribution in [0.25, 0.3) is 0 Å². The van der Waals surface area contributed by atoms with Gasteiger partial charge in [-0.15, -0.1) is 0 Å². The third-order valence-electron chi connectivity index (χ3n) is 5.38. The van der Waals surface area contributed by atoms with Gasteiger partial charge in [-0.25, -0.2) is 8.42 Å².